The van der Waals surface area contributed by atoms with Crippen LogP contribution in [-0.2, 0) is 16.9 Å². The second-order valence-corrected chi connectivity index (χ2v) is 7.23. The molecule has 0 aliphatic rings. The molecule has 1 aromatic heterocycles. The maximum Gasteiger partial charge on any atom is 0.203 e. The Morgan fingerprint density at radius 3 is 2.12 bits per heavy atom. The van der Waals surface area contributed by atoms with Crippen molar-refractivity contribution in [3.63, 3.8) is 0 Å². The summed E-state index contributed by atoms with van der Waals surface area (Å²) in [5, 5.41) is 2.11. The highest BCUT2D eigenvalue weighted by atomic mass is 32.1. The highest BCUT2D eigenvalue weighted by Gasteiger charge is 2.34. The van der Waals surface area contributed by atoms with Crippen molar-refractivity contribution >= 4 is 11.3 Å². The van der Waals surface area contributed by atoms with E-state index in [1.165, 1.54) is 4.88 Å². The van der Waals surface area contributed by atoms with Crippen molar-refractivity contribution in [3.8, 4) is 17.2 Å². The summed E-state index contributed by atoms with van der Waals surface area (Å²) < 4.78 is 22.4. The van der Waals surface area contributed by atoms with E-state index in [1.54, 1.807) is 32.7 Å². The van der Waals surface area contributed by atoms with Gasteiger partial charge in [-0.15, -0.1) is 11.3 Å². The molecule has 1 aromatic carbocycles. The highest BCUT2D eigenvalue weighted by Crippen LogP contribution is 2.39. The molecule has 1 unspecified atom stereocenters. The summed E-state index contributed by atoms with van der Waals surface area (Å²) in [5.74, 6) is 1.87. The second kappa shape index (κ2) is 9.26. The summed E-state index contributed by atoms with van der Waals surface area (Å²) in [6.45, 7) is 3.27. The van der Waals surface area contributed by atoms with Gasteiger partial charge in [0.05, 0.1) is 40.1 Å². The van der Waals surface area contributed by atoms with Crippen LogP contribution in [0.15, 0.2) is 29.6 Å². The van der Waals surface area contributed by atoms with Gasteiger partial charge in [-0.25, -0.2) is 0 Å². The molecule has 0 N–H and O–H groups in total. The zero-order valence-electron chi connectivity index (χ0n) is 16.5. The van der Waals surface area contributed by atoms with Gasteiger partial charge in [-0.3, -0.25) is 4.90 Å². The molecule has 6 heteroatoms. The summed E-state index contributed by atoms with van der Waals surface area (Å²) >= 11 is 1.77. The standard InChI is InChI=1S/C20H29NO4S/c1-7-20(21(2)3,18-9-8-10-26-18)14-25-13-15-11-16(22-4)19(24-6)17(12-15)23-5/h8-12H,7,13-14H2,1-6H3. The van der Waals surface area contributed by atoms with Gasteiger partial charge in [-0.1, -0.05) is 13.0 Å². The molecule has 0 radical (unpaired) electrons. The lowest BCUT2D eigenvalue weighted by atomic mass is 9.93. The van der Waals surface area contributed by atoms with Crippen molar-refractivity contribution in [1.82, 2.24) is 4.90 Å². The molecule has 5 nitrogen and oxygen atoms in total. The van der Waals surface area contributed by atoms with Crippen LogP contribution in [0.4, 0.5) is 0 Å². The Labute approximate surface area is 160 Å². The molecule has 26 heavy (non-hydrogen) atoms. The molecule has 0 aliphatic carbocycles. The number of benzene rings is 1. The van der Waals surface area contributed by atoms with E-state index in [9.17, 15) is 0 Å². The summed E-state index contributed by atoms with van der Waals surface area (Å²) in [7, 11) is 9.04. The largest absolute Gasteiger partial charge is 0.493 e. The van der Waals surface area contributed by atoms with E-state index in [1.807, 2.05) is 12.1 Å². The predicted octanol–water partition coefficient (Wildman–Crippen LogP) is 4.16. The van der Waals surface area contributed by atoms with Gasteiger partial charge in [-0.2, -0.15) is 0 Å². The monoisotopic (exact) mass is 379 g/mol. The number of hydrogen-bond donors (Lipinski definition) is 0. The fraction of sp³-hybridized carbons (Fsp3) is 0.500. The molecule has 0 aliphatic heterocycles. The van der Waals surface area contributed by atoms with Gasteiger partial charge in [0.25, 0.3) is 0 Å². The first kappa shape index (κ1) is 20.6. The van der Waals surface area contributed by atoms with Gasteiger partial charge in [0.15, 0.2) is 11.5 Å². The summed E-state index contributed by atoms with van der Waals surface area (Å²) in [6.07, 6.45) is 0.968. The third-order valence-electron chi connectivity index (χ3n) is 4.75. The Morgan fingerprint density at radius 2 is 1.69 bits per heavy atom. The predicted molar refractivity (Wildman–Crippen MR) is 106 cm³/mol. The van der Waals surface area contributed by atoms with Crippen LogP contribution in [0.3, 0.4) is 0 Å². The first-order valence-electron chi connectivity index (χ1n) is 8.60. The smallest absolute Gasteiger partial charge is 0.203 e. The van der Waals surface area contributed by atoms with Crippen LogP contribution in [0.1, 0.15) is 23.8 Å². The zero-order chi connectivity index (χ0) is 19.2. The Bertz CT molecular complexity index is 662. The fourth-order valence-corrected chi connectivity index (χ4v) is 4.18. The molecule has 0 spiro atoms. The topological polar surface area (TPSA) is 40.2 Å². The number of nitrogens with zero attached hydrogens (tertiary/aromatic N) is 1. The van der Waals surface area contributed by atoms with Crippen molar-refractivity contribution in [2.24, 2.45) is 0 Å². The van der Waals surface area contributed by atoms with E-state index >= 15 is 0 Å². The van der Waals surface area contributed by atoms with Crippen LogP contribution in [0.25, 0.3) is 0 Å². The molecule has 1 atom stereocenters. The fourth-order valence-electron chi connectivity index (χ4n) is 3.11. The van der Waals surface area contributed by atoms with Gasteiger partial charge in [0.1, 0.15) is 0 Å². The molecule has 0 saturated heterocycles. The quantitative estimate of drug-likeness (QED) is 0.620. The first-order valence-corrected chi connectivity index (χ1v) is 9.48. The van der Waals surface area contributed by atoms with E-state index in [4.69, 9.17) is 18.9 Å². The van der Waals surface area contributed by atoms with Crippen LogP contribution >= 0.6 is 11.3 Å². The third-order valence-corrected chi connectivity index (χ3v) is 5.82. The van der Waals surface area contributed by atoms with Gasteiger partial charge in [-0.05, 0) is 49.7 Å². The minimum atomic E-state index is -0.130. The van der Waals surface area contributed by atoms with Crippen molar-refractivity contribution in [1.29, 1.82) is 0 Å². The Hall–Kier alpha value is -1.76. The van der Waals surface area contributed by atoms with Crippen molar-refractivity contribution in [2.45, 2.75) is 25.5 Å². The van der Waals surface area contributed by atoms with E-state index in [0.29, 0.717) is 30.5 Å². The average Bonchev–Trinajstić information content (AvgIpc) is 3.19. The molecule has 0 bridgehead atoms. The Kier molecular flexibility index (Phi) is 7.32. The van der Waals surface area contributed by atoms with Gasteiger partial charge < -0.3 is 18.9 Å². The number of methoxy groups -OCH3 is 3. The molecule has 0 saturated carbocycles. The minimum absolute atomic E-state index is 0.130. The lowest BCUT2D eigenvalue weighted by Gasteiger charge is -2.38. The van der Waals surface area contributed by atoms with Crippen LogP contribution < -0.4 is 14.2 Å². The van der Waals surface area contributed by atoms with Crippen LogP contribution in [0.5, 0.6) is 17.2 Å². The molecule has 2 aromatic rings. The Morgan fingerprint density at radius 1 is 1.04 bits per heavy atom. The maximum atomic E-state index is 6.15. The summed E-state index contributed by atoms with van der Waals surface area (Å²) in [6, 6.07) is 8.12. The van der Waals surface area contributed by atoms with Gasteiger partial charge >= 0.3 is 0 Å². The molecule has 0 fully saturated rings. The van der Waals surface area contributed by atoms with E-state index in [-0.39, 0.29) is 5.54 Å². The second-order valence-electron chi connectivity index (χ2n) is 6.28. The maximum absolute atomic E-state index is 6.15. The van der Waals surface area contributed by atoms with E-state index in [0.717, 1.165) is 12.0 Å². The van der Waals surface area contributed by atoms with Crippen molar-refractivity contribution < 1.29 is 18.9 Å². The number of likely N-dealkylation sites (N-methyl/N-ethyl adjacent to an activating group) is 1. The average molecular weight is 380 g/mol. The number of thiophene rings is 1. The normalized spacial score (nSPS) is 13.5. The lowest BCUT2D eigenvalue weighted by Crippen LogP contribution is -2.44. The molecular weight excluding hydrogens is 350 g/mol. The van der Waals surface area contributed by atoms with E-state index in [2.05, 4.69) is 43.4 Å². The molecule has 0 amide bonds. The molecule has 2 rings (SSSR count). The van der Waals surface area contributed by atoms with E-state index < -0.39 is 0 Å². The number of hydrogen-bond acceptors (Lipinski definition) is 6. The molecule has 1 heterocycles. The third kappa shape index (κ3) is 4.14. The summed E-state index contributed by atoms with van der Waals surface area (Å²) in [4.78, 5) is 3.56. The first-order chi connectivity index (χ1) is 12.5. The number of rotatable bonds is 10. The van der Waals surface area contributed by atoms with Crippen molar-refractivity contribution in [2.75, 3.05) is 42.0 Å². The van der Waals surface area contributed by atoms with Crippen molar-refractivity contribution in [3.05, 3.63) is 40.1 Å². The summed E-state index contributed by atoms with van der Waals surface area (Å²) in [5.41, 5.74) is 0.851. The van der Waals surface area contributed by atoms with Gasteiger partial charge in [0, 0.05) is 4.88 Å². The van der Waals surface area contributed by atoms with Crippen LogP contribution in [0, 0.1) is 0 Å². The molecular formula is C20H29NO4S. The molecule has 144 valence electrons. The van der Waals surface area contributed by atoms with Gasteiger partial charge in [0.2, 0.25) is 5.75 Å². The SMILES string of the molecule is CCC(COCc1cc(OC)c(OC)c(OC)c1)(c1cccs1)N(C)C. The zero-order valence-corrected chi connectivity index (χ0v) is 17.3. The van der Waals surface area contributed by atoms with Crippen LogP contribution in [0.2, 0.25) is 0 Å². The minimum Gasteiger partial charge on any atom is -0.493 e. The highest BCUT2D eigenvalue weighted by molar-refractivity contribution is 7.10. The number of ether oxygens (including phenoxy) is 4. The lowest BCUT2D eigenvalue weighted by molar-refractivity contribution is 0.00398. The Balaban J connectivity index is 2.17. The van der Waals surface area contributed by atoms with Crippen LogP contribution in [-0.4, -0.2) is 46.9 Å².